The molecule has 0 aliphatic heterocycles. The predicted molar refractivity (Wildman–Crippen MR) is 93.0 cm³/mol. The van der Waals surface area contributed by atoms with Gasteiger partial charge in [0.2, 0.25) is 5.91 Å². The molecule has 7 heteroatoms. The number of carbonyl (C=O) groups is 1. The zero-order valence-electron chi connectivity index (χ0n) is 14.3. The third kappa shape index (κ3) is 7.13. The third-order valence-corrected chi connectivity index (χ3v) is 6.53. The molecule has 0 heterocycles. The number of hydrogen-bond donors (Lipinski definition) is 2. The SMILES string of the molecule is CCO[Si](CCCNC(=O)CCc1ccc(N)cc1)(OC)OC. The first-order valence-corrected chi connectivity index (χ1v) is 9.83. The van der Waals surface area contributed by atoms with Crippen molar-refractivity contribution in [3.05, 3.63) is 29.8 Å². The summed E-state index contributed by atoms with van der Waals surface area (Å²) in [5, 5.41) is 2.92. The smallest absolute Gasteiger partial charge is 0.399 e. The van der Waals surface area contributed by atoms with E-state index in [2.05, 4.69) is 5.32 Å². The number of benzene rings is 1. The molecule has 130 valence electrons. The van der Waals surface area contributed by atoms with E-state index in [1.807, 2.05) is 31.2 Å². The third-order valence-electron chi connectivity index (χ3n) is 3.59. The molecule has 1 aromatic rings. The van der Waals surface area contributed by atoms with Gasteiger partial charge in [0.25, 0.3) is 0 Å². The molecule has 0 aliphatic carbocycles. The molecule has 6 nitrogen and oxygen atoms in total. The Hall–Kier alpha value is -1.41. The number of anilines is 1. The minimum atomic E-state index is -2.56. The molecule has 0 spiro atoms. The molecule has 1 aromatic carbocycles. The van der Waals surface area contributed by atoms with E-state index in [0.29, 0.717) is 32.0 Å². The number of aryl methyl sites for hydroxylation is 1. The van der Waals surface area contributed by atoms with Crippen LogP contribution in [0.2, 0.25) is 6.04 Å². The Balaban J connectivity index is 2.24. The lowest BCUT2D eigenvalue weighted by molar-refractivity contribution is -0.121. The minimum Gasteiger partial charge on any atom is -0.399 e. The number of nitrogens with two attached hydrogens (primary N) is 1. The lowest BCUT2D eigenvalue weighted by Gasteiger charge is -2.25. The van der Waals surface area contributed by atoms with Crippen LogP contribution in [-0.2, 0) is 24.5 Å². The highest BCUT2D eigenvalue weighted by Crippen LogP contribution is 2.15. The van der Waals surface area contributed by atoms with Gasteiger partial charge in [-0.3, -0.25) is 4.79 Å². The van der Waals surface area contributed by atoms with Crippen molar-refractivity contribution < 1.29 is 18.1 Å². The van der Waals surface area contributed by atoms with E-state index >= 15 is 0 Å². The van der Waals surface area contributed by atoms with Crippen LogP contribution >= 0.6 is 0 Å². The van der Waals surface area contributed by atoms with Gasteiger partial charge >= 0.3 is 8.80 Å². The van der Waals surface area contributed by atoms with E-state index in [0.717, 1.165) is 17.7 Å². The number of nitrogen functional groups attached to an aromatic ring is 1. The maximum atomic E-state index is 11.9. The Kier molecular flexibility index (Phi) is 8.86. The number of amides is 1. The highest BCUT2D eigenvalue weighted by molar-refractivity contribution is 6.60. The van der Waals surface area contributed by atoms with Gasteiger partial charge in [0, 0.05) is 45.5 Å². The standard InChI is InChI=1S/C16H28N2O4Si/c1-4-22-23(20-2,21-3)13-5-12-18-16(19)11-8-14-6-9-15(17)10-7-14/h6-7,9-10H,4-5,8,11-13,17H2,1-3H3,(H,18,19). The number of hydrogen-bond acceptors (Lipinski definition) is 5. The van der Waals surface area contributed by atoms with Crippen molar-refractivity contribution in [2.24, 2.45) is 0 Å². The Labute approximate surface area is 139 Å². The van der Waals surface area contributed by atoms with E-state index in [-0.39, 0.29) is 5.91 Å². The molecule has 0 aromatic heterocycles. The highest BCUT2D eigenvalue weighted by Gasteiger charge is 2.37. The quantitative estimate of drug-likeness (QED) is 0.366. The van der Waals surface area contributed by atoms with Crippen LogP contribution in [0.4, 0.5) is 5.69 Å². The van der Waals surface area contributed by atoms with Crippen LogP contribution in [0, 0.1) is 0 Å². The summed E-state index contributed by atoms with van der Waals surface area (Å²) >= 11 is 0. The van der Waals surface area contributed by atoms with Gasteiger partial charge in [-0.05, 0) is 37.5 Å². The van der Waals surface area contributed by atoms with Crippen molar-refractivity contribution in [3.8, 4) is 0 Å². The monoisotopic (exact) mass is 340 g/mol. The number of rotatable bonds is 11. The molecule has 0 aliphatic rings. The molecular weight excluding hydrogens is 312 g/mol. The number of carbonyl (C=O) groups excluding carboxylic acids is 1. The first-order valence-electron chi connectivity index (χ1n) is 7.90. The van der Waals surface area contributed by atoms with Gasteiger partial charge < -0.3 is 24.3 Å². The topological polar surface area (TPSA) is 82.8 Å². The van der Waals surface area contributed by atoms with Crippen LogP contribution in [0.5, 0.6) is 0 Å². The molecule has 0 fully saturated rings. The van der Waals surface area contributed by atoms with E-state index in [9.17, 15) is 4.79 Å². The Morgan fingerprint density at radius 2 is 1.87 bits per heavy atom. The molecule has 1 rings (SSSR count). The molecule has 23 heavy (non-hydrogen) atoms. The lowest BCUT2D eigenvalue weighted by atomic mass is 10.1. The van der Waals surface area contributed by atoms with Crippen molar-refractivity contribution in [2.75, 3.05) is 33.1 Å². The largest absolute Gasteiger partial charge is 0.500 e. The van der Waals surface area contributed by atoms with Crippen molar-refractivity contribution >= 4 is 20.4 Å². The summed E-state index contributed by atoms with van der Waals surface area (Å²) in [5.74, 6) is 0.0420. The van der Waals surface area contributed by atoms with Crippen LogP contribution in [0.1, 0.15) is 25.3 Å². The van der Waals surface area contributed by atoms with Crippen LogP contribution in [0.3, 0.4) is 0 Å². The number of nitrogens with one attached hydrogen (secondary N) is 1. The first kappa shape index (κ1) is 19.6. The molecular formula is C16H28N2O4Si. The highest BCUT2D eigenvalue weighted by atomic mass is 28.4. The molecule has 0 atom stereocenters. The van der Waals surface area contributed by atoms with E-state index in [1.54, 1.807) is 14.2 Å². The zero-order chi connectivity index (χ0) is 17.1. The van der Waals surface area contributed by atoms with Crippen molar-refractivity contribution in [3.63, 3.8) is 0 Å². The van der Waals surface area contributed by atoms with Gasteiger partial charge in [-0.1, -0.05) is 12.1 Å². The lowest BCUT2D eigenvalue weighted by Crippen LogP contribution is -2.44. The van der Waals surface area contributed by atoms with Crippen molar-refractivity contribution in [2.45, 2.75) is 32.2 Å². The predicted octanol–water partition coefficient (Wildman–Crippen LogP) is 1.98. The van der Waals surface area contributed by atoms with E-state index < -0.39 is 8.80 Å². The summed E-state index contributed by atoms with van der Waals surface area (Å²) in [6.07, 6.45) is 1.94. The van der Waals surface area contributed by atoms with Crippen LogP contribution in [-0.4, -0.2) is 42.1 Å². The summed E-state index contributed by atoms with van der Waals surface area (Å²) in [4.78, 5) is 11.9. The fourth-order valence-electron chi connectivity index (χ4n) is 2.26. The van der Waals surface area contributed by atoms with Gasteiger partial charge in [0.15, 0.2) is 0 Å². The molecule has 0 unspecified atom stereocenters. The Bertz CT molecular complexity index is 464. The van der Waals surface area contributed by atoms with Gasteiger partial charge in [-0.15, -0.1) is 0 Å². The summed E-state index contributed by atoms with van der Waals surface area (Å²) in [5.41, 5.74) is 7.48. The zero-order valence-corrected chi connectivity index (χ0v) is 15.3. The van der Waals surface area contributed by atoms with E-state index in [1.165, 1.54) is 0 Å². The maximum Gasteiger partial charge on any atom is 0.500 e. The molecule has 0 bridgehead atoms. The Morgan fingerprint density at radius 3 is 2.43 bits per heavy atom. The second kappa shape index (κ2) is 10.4. The second-order valence-corrected chi connectivity index (χ2v) is 8.19. The van der Waals surface area contributed by atoms with Crippen molar-refractivity contribution in [1.82, 2.24) is 5.32 Å². The minimum absolute atomic E-state index is 0.0420. The average Bonchev–Trinajstić information content (AvgIpc) is 2.57. The second-order valence-electron chi connectivity index (χ2n) is 5.22. The molecule has 0 saturated heterocycles. The van der Waals surface area contributed by atoms with Gasteiger partial charge in [0.1, 0.15) is 0 Å². The fraction of sp³-hybridized carbons (Fsp3) is 0.562. The van der Waals surface area contributed by atoms with Gasteiger partial charge in [-0.2, -0.15) is 0 Å². The van der Waals surface area contributed by atoms with E-state index in [4.69, 9.17) is 19.0 Å². The molecule has 1 amide bonds. The summed E-state index contributed by atoms with van der Waals surface area (Å²) < 4.78 is 16.5. The summed E-state index contributed by atoms with van der Waals surface area (Å²) in [7, 11) is 0.660. The van der Waals surface area contributed by atoms with Crippen LogP contribution < -0.4 is 11.1 Å². The summed E-state index contributed by atoms with van der Waals surface area (Å²) in [6, 6.07) is 8.27. The molecule has 3 N–H and O–H groups in total. The normalized spacial score (nSPS) is 11.4. The average molecular weight is 340 g/mol. The van der Waals surface area contributed by atoms with Crippen molar-refractivity contribution in [1.29, 1.82) is 0 Å². The molecule has 0 saturated carbocycles. The van der Waals surface area contributed by atoms with Crippen LogP contribution in [0.15, 0.2) is 24.3 Å². The fourth-order valence-corrected chi connectivity index (χ4v) is 4.27. The van der Waals surface area contributed by atoms with Gasteiger partial charge in [-0.25, -0.2) is 0 Å². The maximum absolute atomic E-state index is 11.9. The van der Waals surface area contributed by atoms with Gasteiger partial charge in [0.05, 0.1) is 0 Å². The first-order chi connectivity index (χ1) is 11.0. The Morgan fingerprint density at radius 1 is 1.22 bits per heavy atom. The molecule has 0 radical (unpaired) electrons. The van der Waals surface area contributed by atoms with Crippen LogP contribution in [0.25, 0.3) is 0 Å². The summed E-state index contributed by atoms with van der Waals surface area (Å²) in [6.45, 7) is 3.07.